The van der Waals surface area contributed by atoms with Gasteiger partial charge in [-0.1, -0.05) is 23.9 Å². The number of esters is 1. The summed E-state index contributed by atoms with van der Waals surface area (Å²) in [5.74, 6) is -1.10. The van der Waals surface area contributed by atoms with Gasteiger partial charge in [0.2, 0.25) is 5.91 Å². The van der Waals surface area contributed by atoms with Gasteiger partial charge in [-0.15, -0.1) is 32.9 Å². The number of aryl methyl sites for hydroxylation is 1. The number of nitrogens with one attached hydrogen (secondary N) is 2. The zero-order chi connectivity index (χ0) is 30.7. The van der Waals surface area contributed by atoms with Crippen molar-refractivity contribution >= 4 is 57.2 Å². The molecule has 0 saturated carbocycles. The number of aromatic nitrogens is 3. The number of carbonyl (C=O) groups excluding carboxylic acids is 3. The molecule has 0 saturated heterocycles. The predicted molar refractivity (Wildman–Crippen MR) is 158 cm³/mol. The highest BCUT2D eigenvalue weighted by molar-refractivity contribution is 8.00. The fourth-order valence-electron chi connectivity index (χ4n) is 4.56. The van der Waals surface area contributed by atoms with Crippen LogP contribution in [0.5, 0.6) is 0 Å². The maximum absolute atomic E-state index is 13.6. The molecule has 9 nitrogen and oxygen atoms in total. The van der Waals surface area contributed by atoms with Gasteiger partial charge in [0.1, 0.15) is 5.00 Å². The molecule has 0 spiro atoms. The maximum atomic E-state index is 13.6. The smallest absolute Gasteiger partial charge is 0.416 e. The number of halogens is 3. The minimum atomic E-state index is -4.59. The molecular formula is C28H26F3N5O4S3. The number of hydrogen-bond acceptors (Lipinski definition) is 9. The van der Waals surface area contributed by atoms with E-state index in [2.05, 4.69) is 20.8 Å². The van der Waals surface area contributed by atoms with E-state index in [1.807, 2.05) is 0 Å². The number of thiophene rings is 2. The lowest BCUT2D eigenvalue weighted by Gasteiger charge is -2.15. The minimum Gasteiger partial charge on any atom is -0.462 e. The van der Waals surface area contributed by atoms with E-state index >= 15 is 0 Å². The van der Waals surface area contributed by atoms with Crippen LogP contribution in [0.15, 0.2) is 46.9 Å². The number of ether oxygens (including phenoxy) is 1. The van der Waals surface area contributed by atoms with Gasteiger partial charge in [-0.3, -0.25) is 14.2 Å². The lowest BCUT2D eigenvalue weighted by atomic mass is 10.1. The average Bonchev–Trinajstić information content (AvgIpc) is 3.76. The number of amides is 2. The fourth-order valence-corrected chi connectivity index (χ4v) is 7.37. The largest absolute Gasteiger partial charge is 0.462 e. The van der Waals surface area contributed by atoms with Gasteiger partial charge in [0.05, 0.1) is 40.1 Å². The first-order valence-electron chi connectivity index (χ1n) is 13.3. The molecule has 3 aromatic heterocycles. The maximum Gasteiger partial charge on any atom is 0.416 e. The van der Waals surface area contributed by atoms with Crippen molar-refractivity contribution in [2.24, 2.45) is 0 Å². The Labute approximate surface area is 256 Å². The van der Waals surface area contributed by atoms with E-state index in [1.54, 1.807) is 31.4 Å². The van der Waals surface area contributed by atoms with Crippen molar-refractivity contribution < 1.29 is 32.3 Å². The summed E-state index contributed by atoms with van der Waals surface area (Å²) < 4.78 is 47.3. The minimum absolute atomic E-state index is 0.120. The second kappa shape index (κ2) is 12.9. The van der Waals surface area contributed by atoms with Gasteiger partial charge in [-0.25, -0.2) is 4.79 Å². The van der Waals surface area contributed by atoms with E-state index in [1.165, 1.54) is 39.4 Å². The van der Waals surface area contributed by atoms with Crippen molar-refractivity contribution in [1.29, 1.82) is 0 Å². The number of alkyl halides is 3. The summed E-state index contributed by atoms with van der Waals surface area (Å²) in [4.78, 5) is 40.1. The highest BCUT2D eigenvalue weighted by Crippen LogP contribution is 2.40. The Morgan fingerprint density at radius 2 is 1.98 bits per heavy atom. The average molecular weight is 650 g/mol. The van der Waals surface area contributed by atoms with Crippen molar-refractivity contribution in [3.63, 3.8) is 0 Å². The Hall–Kier alpha value is -3.69. The first kappa shape index (κ1) is 30.8. The molecule has 0 aliphatic heterocycles. The molecule has 0 bridgehead atoms. The molecule has 1 atom stereocenters. The van der Waals surface area contributed by atoms with Crippen LogP contribution in [0.4, 0.5) is 18.2 Å². The summed E-state index contributed by atoms with van der Waals surface area (Å²) in [6, 6.07) is 8.02. The molecule has 1 aliphatic carbocycles. The third-order valence-corrected chi connectivity index (χ3v) is 9.69. The first-order valence-corrected chi connectivity index (χ1v) is 15.9. The van der Waals surface area contributed by atoms with Crippen LogP contribution in [0.1, 0.15) is 62.1 Å². The Morgan fingerprint density at radius 3 is 2.70 bits per heavy atom. The molecule has 0 unspecified atom stereocenters. The molecule has 1 aromatic carbocycles. The zero-order valence-electron chi connectivity index (χ0n) is 23.0. The number of carbonyl (C=O) groups is 3. The second-order valence-electron chi connectivity index (χ2n) is 9.47. The van der Waals surface area contributed by atoms with Gasteiger partial charge in [-0.2, -0.15) is 13.2 Å². The lowest BCUT2D eigenvalue weighted by molar-refractivity contribution is -0.137. The highest BCUT2D eigenvalue weighted by atomic mass is 32.2. The van der Waals surface area contributed by atoms with Gasteiger partial charge in [0.25, 0.3) is 5.91 Å². The van der Waals surface area contributed by atoms with Crippen LogP contribution < -0.4 is 10.6 Å². The van der Waals surface area contributed by atoms with E-state index in [4.69, 9.17) is 4.74 Å². The number of rotatable bonds is 10. The van der Waals surface area contributed by atoms with E-state index in [0.717, 1.165) is 53.6 Å². The summed E-state index contributed by atoms with van der Waals surface area (Å²) in [5, 5.41) is 15.4. The Bertz CT molecular complexity index is 1650. The van der Waals surface area contributed by atoms with Gasteiger partial charge >= 0.3 is 12.1 Å². The van der Waals surface area contributed by atoms with Gasteiger partial charge in [0.15, 0.2) is 11.0 Å². The fraction of sp³-hybridized carbons (Fsp3) is 0.321. The molecule has 0 fully saturated rings. The number of nitrogens with zero attached hydrogens (tertiary/aromatic N) is 3. The van der Waals surface area contributed by atoms with Crippen molar-refractivity contribution in [2.75, 3.05) is 11.9 Å². The molecule has 4 aromatic rings. The van der Waals surface area contributed by atoms with Gasteiger partial charge < -0.3 is 15.4 Å². The van der Waals surface area contributed by atoms with E-state index in [9.17, 15) is 27.6 Å². The summed E-state index contributed by atoms with van der Waals surface area (Å²) >= 11 is 3.58. The molecule has 3 heterocycles. The quantitative estimate of drug-likeness (QED) is 0.157. The molecule has 5 rings (SSSR count). The van der Waals surface area contributed by atoms with Crippen LogP contribution in [-0.4, -0.2) is 44.4 Å². The first-order chi connectivity index (χ1) is 20.6. The van der Waals surface area contributed by atoms with Crippen LogP contribution in [0.3, 0.4) is 0 Å². The van der Waals surface area contributed by atoms with Crippen LogP contribution in [0.2, 0.25) is 0 Å². The topological polar surface area (TPSA) is 115 Å². The number of anilines is 1. The Balaban J connectivity index is 1.40. The molecule has 226 valence electrons. The molecule has 2 N–H and O–H groups in total. The predicted octanol–water partition coefficient (Wildman–Crippen LogP) is 6.12. The Kier molecular flexibility index (Phi) is 9.22. The number of benzene rings is 1. The third-order valence-electron chi connectivity index (χ3n) is 6.57. The standard InChI is InChI=1S/C28H26F3N5O4S3/c1-3-40-26(39)22-18-9-5-10-19(18)43-25(22)33-23(37)15(2)42-27-35-34-21(14-32-24(38)20-11-6-12-41-20)36(27)17-8-4-7-16(13-17)28(29,30)31/h4,6-8,11-13,15H,3,5,9-10,14H2,1-2H3,(H,32,38)(H,33,37)/t15-/m0/s1. The summed E-state index contributed by atoms with van der Waals surface area (Å²) in [6.07, 6.45) is -2.12. The van der Waals surface area contributed by atoms with E-state index < -0.39 is 28.9 Å². The molecular weight excluding hydrogens is 624 g/mol. The van der Waals surface area contributed by atoms with E-state index in [-0.39, 0.29) is 35.7 Å². The molecule has 2 amide bonds. The summed E-state index contributed by atoms with van der Waals surface area (Å²) in [5.41, 5.74) is 0.527. The second-order valence-corrected chi connectivity index (χ2v) is 12.8. The van der Waals surface area contributed by atoms with Crippen LogP contribution in [0.25, 0.3) is 5.69 Å². The third kappa shape index (κ3) is 6.78. The monoisotopic (exact) mass is 649 g/mol. The summed E-state index contributed by atoms with van der Waals surface area (Å²) in [6.45, 7) is 3.41. The number of hydrogen-bond donors (Lipinski definition) is 2. The van der Waals surface area contributed by atoms with Crippen molar-refractivity contribution in [1.82, 2.24) is 20.1 Å². The van der Waals surface area contributed by atoms with Crippen LogP contribution in [0, 0.1) is 0 Å². The van der Waals surface area contributed by atoms with Gasteiger partial charge in [0, 0.05) is 4.88 Å². The van der Waals surface area contributed by atoms with Crippen molar-refractivity contribution in [3.8, 4) is 5.69 Å². The van der Waals surface area contributed by atoms with Crippen LogP contribution in [-0.2, 0) is 35.1 Å². The highest BCUT2D eigenvalue weighted by Gasteiger charge is 2.32. The van der Waals surface area contributed by atoms with Crippen molar-refractivity contribution in [2.45, 2.75) is 56.2 Å². The zero-order valence-corrected chi connectivity index (χ0v) is 25.4. The lowest BCUT2D eigenvalue weighted by Crippen LogP contribution is -2.25. The normalized spacial score (nSPS) is 13.4. The molecule has 1 aliphatic rings. The van der Waals surface area contributed by atoms with E-state index in [0.29, 0.717) is 15.4 Å². The molecule has 15 heteroatoms. The summed E-state index contributed by atoms with van der Waals surface area (Å²) in [7, 11) is 0. The number of thioether (sulfide) groups is 1. The molecule has 0 radical (unpaired) electrons. The van der Waals surface area contributed by atoms with Gasteiger partial charge in [-0.05, 0) is 68.3 Å². The Morgan fingerprint density at radius 1 is 1.16 bits per heavy atom. The van der Waals surface area contributed by atoms with Crippen molar-refractivity contribution in [3.05, 3.63) is 74.0 Å². The SMILES string of the molecule is CCOC(=O)c1c(NC(=O)[C@H](C)Sc2nnc(CNC(=O)c3cccs3)n2-c2cccc(C(F)(F)F)c2)sc2c1CCC2. The number of fused-ring (bicyclic) bond motifs is 1. The van der Waals surface area contributed by atoms with Crippen LogP contribution >= 0.6 is 34.4 Å². The molecule has 43 heavy (non-hydrogen) atoms.